The SMILES string of the molecule is Cc1ccc(C(=O)N2CCN(Cc3ccc(N(C)C)cc3)CC2)c(C(=O)NCCc2ccc(N(C)C)cc2)c1. The van der Waals surface area contributed by atoms with Gasteiger partial charge in [0, 0.05) is 78.8 Å². The number of piperazine rings is 1. The van der Waals surface area contributed by atoms with Crippen LogP contribution in [0, 0.1) is 6.92 Å². The molecule has 0 radical (unpaired) electrons. The van der Waals surface area contributed by atoms with Gasteiger partial charge in [0.2, 0.25) is 0 Å². The summed E-state index contributed by atoms with van der Waals surface area (Å²) < 4.78 is 0. The maximum atomic E-state index is 13.5. The summed E-state index contributed by atoms with van der Waals surface area (Å²) in [4.78, 5) is 35.1. The van der Waals surface area contributed by atoms with E-state index in [0.29, 0.717) is 30.8 Å². The first-order valence-corrected chi connectivity index (χ1v) is 13.6. The summed E-state index contributed by atoms with van der Waals surface area (Å²) in [6, 6.07) is 22.5. The number of hydrogen-bond donors (Lipinski definition) is 1. The third-order valence-electron chi connectivity index (χ3n) is 7.32. The zero-order valence-electron chi connectivity index (χ0n) is 23.9. The second-order valence-electron chi connectivity index (χ2n) is 10.7. The van der Waals surface area contributed by atoms with Crippen molar-refractivity contribution in [3.8, 4) is 0 Å². The first-order valence-electron chi connectivity index (χ1n) is 13.6. The molecule has 0 aromatic heterocycles. The average Bonchev–Trinajstić information content (AvgIpc) is 2.93. The van der Waals surface area contributed by atoms with Gasteiger partial charge in [0.05, 0.1) is 11.1 Å². The molecule has 0 unspecified atom stereocenters. The van der Waals surface area contributed by atoms with Crippen LogP contribution in [0.4, 0.5) is 11.4 Å². The van der Waals surface area contributed by atoms with E-state index in [1.165, 1.54) is 11.3 Å². The van der Waals surface area contributed by atoms with Crippen molar-refractivity contribution in [3.05, 3.63) is 94.5 Å². The van der Waals surface area contributed by atoms with Crippen molar-refractivity contribution in [2.24, 2.45) is 0 Å². The van der Waals surface area contributed by atoms with Crippen molar-refractivity contribution >= 4 is 23.2 Å². The van der Waals surface area contributed by atoms with Gasteiger partial charge in [-0.05, 0) is 60.9 Å². The molecule has 3 aromatic rings. The molecule has 1 heterocycles. The summed E-state index contributed by atoms with van der Waals surface area (Å²) in [7, 11) is 8.11. The third kappa shape index (κ3) is 7.39. The predicted octanol–water partition coefficient (Wildman–Crippen LogP) is 4.06. The number of anilines is 2. The Bertz CT molecular complexity index is 1260. The van der Waals surface area contributed by atoms with E-state index in [4.69, 9.17) is 0 Å². The highest BCUT2D eigenvalue weighted by molar-refractivity contribution is 6.07. The molecule has 1 aliphatic rings. The molecule has 1 saturated heterocycles. The number of aryl methyl sites for hydroxylation is 1. The van der Waals surface area contributed by atoms with Gasteiger partial charge in [-0.2, -0.15) is 0 Å². The number of rotatable bonds is 9. The van der Waals surface area contributed by atoms with Crippen LogP contribution < -0.4 is 15.1 Å². The number of hydrogen-bond acceptors (Lipinski definition) is 5. The molecule has 0 aliphatic carbocycles. The normalized spacial score (nSPS) is 13.7. The number of nitrogens with one attached hydrogen (secondary N) is 1. The Morgan fingerprint density at radius 1 is 0.744 bits per heavy atom. The van der Waals surface area contributed by atoms with Gasteiger partial charge in [-0.25, -0.2) is 0 Å². The number of nitrogens with zero attached hydrogens (tertiary/aromatic N) is 4. The summed E-state index contributed by atoms with van der Waals surface area (Å²) in [5.41, 5.74) is 6.64. The molecule has 206 valence electrons. The van der Waals surface area contributed by atoms with Crippen LogP contribution in [0.5, 0.6) is 0 Å². The van der Waals surface area contributed by atoms with Crippen LogP contribution in [0.3, 0.4) is 0 Å². The summed E-state index contributed by atoms with van der Waals surface area (Å²) in [6.45, 7) is 6.23. The average molecular weight is 528 g/mol. The second kappa shape index (κ2) is 12.8. The summed E-state index contributed by atoms with van der Waals surface area (Å²) in [5.74, 6) is -0.277. The first-order chi connectivity index (χ1) is 18.7. The Labute approximate surface area is 233 Å². The molecule has 0 atom stereocenters. The fourth-order valence-corrected chi connectivity index (χ4v) is 4.85. The Morgan fingerprint density at radius 2 is 1.31 bits per heavy atom. The Hall–Kier alpha value is -3.84. The predicted molar refractivity (Wildman–Crippen MR) is 160 cm³/mol. The second-order valence-corrected chi connectivity index (χ2v) is 10.7. The van der Waals surface area contributed by atoms with E-state index in [0.717, 1.165) is 42.9 Å². The molecule has 0 saturated carbocycles. The Kier molecular flexibility index (Phi) is 9.25. The minimum atomic E-state index is -0.202. The van der Waals surface area contributed by atoms with Gasteiger partial charge < -0.3 is 20.0 Å². The molecule has 39 heavy (non-hydrogen) atoms. The molecule has 0 bridgehead atoms. The third-order valence-corrected chi connectivity index (χ3v) is 7.32. The van der Waals surface area contributed by atoms with Gasteiger partial charge in [-0.1, -0.05) is 35.9 Å². The smallest absolute Gasteiger partial charge is 0.254 e. The van der Waals surface area contributed by atoms with Gasteiger partial charge in [0.15, 0.2) is 0 Å². The van der Waals surface area contributed by atoms with E-state index in [9.17, 15) is 9.59 Å². The van der Waals surface area contributed by atoms with Crippen molar-refractivity contribution in [1.82, 2.24) is 15.1 Å². The highest BCUT2D eigenvalue weighted by Crippen LogP contribution is 2.19. The minimum absolute atomic E-state index is 0.0746. The fourth-order valence-electron chi connectivity index (χ4n) is 4.85. The number of carbonyl (C=O) groups excluding carboxylic acids is 2. The Balaban J connectivity index is 1.33. The summed E-state index contributed by atoms with van der Waals surface area (Å²) in [6.07, 6.45) is 0.731. The van der Waals surface area contributed by atoms with E-state index >= 15 is 0 Å². The fraction of sp³-hybridized carbons (Fsp3) is 0.375. The topological polar surface area (TPSA) is 59.1 Å². The molecule has 1 N–H and O–H groups in total. The van der Waals surface area contributed by atoms with Gasteiger partial charge in [-0.3, -0.25) is 14.5 Å². The molecular formula is C32H41N5O2. The van der Waals surface area contributed by atoms with Crippen molar-refractivity contribution in [3.63, 3.8) is 0 Å². The van der Waals surface area contributed by atoms with Crippen LogP contribution in [0.1, 0.15) is 37.4 Å². The van der Waals surface area contributed by atoms with Crippen molar-refractivity contribution in [2.75, 3.05) is 70.7 Å². The molecule has 0 spiro atoms. The zero-order valence-corrected chi connectivity index (χ0v) is 23.9. The lowest BCUT2D eigenvalue weighted by atomic mass is 10.0. The number of carbonyl (C=O) groups is 2. The lowest BCUT2D eigenvalue weighted by molar-refractivity contribution is 0.0624. The molecule has 4 rings (SSSR count). The van der Waals surface area contributed by atoms with Crippen LogP contribution >= 0.6 is 0 Å². The number of amides is 2. The van der Waals surface area contributed by atoms with E-state index in [2.05, 4.69) is 68.5 Å². The highest BCUT2D eigenvalue weighted by Gasteiger charge is 2.25. The zero-order chi connectivity index (χ0) is 27.9. The molecule has 3 aromatic carbocycles. The van der Waals surface area contributed by atoms with Crippen LogP contribution in [-0.2, 0) is 13.0 Å². The van der Waals surface area contributed by atoms with E-state index in [1.54, 1.807) is 6.07 Å². The van der Waals surface area contributed by atoms with Gasteiger partial charge in [-0.15, -0.1) is 0 Å². The minimum Gasteiger partial charge on any atom is -0.378 e. The molecule has 7 heteroatoms. The van der Waals surface area contributed by atoms with Gasteiger partial charge in [0.1, 0.15) is 0 Å². The number of benzene rings is 3. The molecule has 7 nitrogen and oxygen atoms in total. The lowest BCUT2D eigenvalue weighted by Gasteiger charge is -2.35. The Morgan fingerprint density at radius 3 is 1.87 bits per heavy atom. The standard InChI is InChI=1S/C32H41N5O2/c1-24-6-15-29(30(22-24)31(38)33-17-16-25-7-11-27(12-8-25)34(2)3)32(39)37-20-18-36(19-21-37)23-26-9-13-28(14-10-26)35(4)5/h6-15,22H,16-21,23H2,1-5H3,(H,33,38). The maximum Gasteiger partial charge on any atom is 0.254 e. The monoisotopic (exact) mass is 527 g/mol. The van der Waals surface area contributed by atoms with Crippen LogP contribution in [-0.4, -0.2) is 82.5 Å². The molecule has 1 aliphatic heterocycles. The van der Waals surface area contributed by atoms with Crippen molar-refractivity contribution in [2.45, 2.75) is 19.9 Å². The van der Waals surface area contributed by atoms with Crippen LogP contribution in [0.25, 0.3) is 0 Å². The van der Waals surface area contributed by atoms with E-state index < -0.39 is 0 Å². The summed E-state index contributed by atoms with van der Waals surface area (Å²) in [5, 5.41) is 3.02. The van der Waals surface area contributed by atoms with Gasteiger partial charge in [0.25, 0.3) is 11.8 Å². The first kappa shape index (κ1) is 28.2. The van der Waals surface area contributed by atoms with Crippen LogP contribution in [0.2, 0.25) is 0 Å². The lowest BCUT2D eigenvalue weighted by Crippen LogP contribution is -2.48. The van der Waals surface area contributed by atoms with E-state index in [-0.39, 0.29) is 11.8 Å². The molecule has 1 fully saturated rings. The molecular weight excluding hydrogens is 486 g/mol. The van der Waals surface area contributed by atoms with E-state index in [1.807, 2.05) is 52.1 Å². The summed E-state index contributed by atoms with van der Waals surface area (Å²) >= 11 is 0. The largest absolute Gasteiger partial charge is 0.378 e. The quantitative estimate of drug-likeness (QED) is 0.455. The highest BCUT2D eigenvalue weighted by atomic mass is 16.2. The maximum absolute atomic E-state index is 13.5. The van der Waals surface area contributed by atoms with Crippen molar-refractivity contribution in [1.29, 1.82) is 0 Å². The molecule has 2 amide bonds. The van der Waals surface area contributed by atoms with Crippen LogP contribution in [0.15, 0.2) is 66.7 Å². The van der Waals surface area contributed by atoms with Gasteiger partial charge >= 0.3 is 0 Å². The van der Waals surface area contributed by atoms with Crippen molar-refractivity contribution < 1.29 is 9.59 Å².